The first kappa shape index (κ1) is 19.7. The normalized spacial score (nSPS) is 11.2. The van der Waals surface area contributed by atoms with Gasteiger partial charge in [0, 0.05) is 17.5 Å². The second-order valence-electron chi connectivity index (χ2n) is 6.84. The van der Waals surface area contributed by atoms with Crippen LogP contribution in [0.25, 0.3) is 11.0 Å². The Balaban J connectivity index is 1.50. The van der Waals surface area contributed by atoms with E-state index < -0.39 is 0 Å². The van der Waals surface area contributed by atoms with Gasteiger partial charge in [-0.25, -0.2) is 4.98 Å². The van der Waals surface area contributed by atoms with Gasteiger partial charge in [-0.2, -0.15) is 0 Å². The number of aromatic amines is 1. The van der Waals surface area contributed by atoms with Gasteiger partial charge in [-0.1, -0.05) is 62.9 Å². The lowest BCUT2D eigenvalue weighted by Gasteiger charge is -2.11. The van der Waals surface area contributed by atoms with Gasteiger partial charge in [0.25, 0.3) is 0 Å². The summed E-state index contributed by atoms with van der Waals surface area (Å²) in [6.07, 6.45) is 9.50. The van der Waals surface area contributed by atoms with E-state index in [1.165, 1.54) is 32.1 Å². The number of nitrogens with zero attached hydrogens (tertiary/aromatic N) is 2. The van der Waals surface area contributed by atoms with Crippen molar-refractivity contribution in [2.75, 3.05) is 6.61 Å². The zero-order valence-electron chi connectivity index (χ0n) is 16.3. The first-order chi connectivity index (χ1) is 13.3. The molecule has 3 rings (SSSR count). The van der Waals surface area contributed by atoms with Crippen molar-refractivity contribution >= 4 is 22.8 Å². The summed E-state index contributed by atoms with van der Waals surface area (Å²) in [5.41, 5.74) is 4.26. The van der Waals surface area contributed by atoms with Crippen LogP contribution in [0.4, 0.5) is 0 Å². The van der Waals surface area contributed by atoms with Crippen molar-refractivity contribution in [3.63, 3.8) is 0 Å². The number of imidazole rings is 1. The van der Waals surface area contributed by atoms with Gasteiger partial charge in [0.2, 0.25) is 0 Å². The molecule has 144 valence electrons. The van der Waals surface area contributed by atoms with E-state index in [1.807, 2.05) is 36.5 Å². The number of H-pyrrole nitrogens is 1. The van der Waals surface area contributed by atoms with Crippen molar-refractivity contribution in [2.45, 2.75) is 63.3 Å². The number of fused-ring (bicyclic) bond motifs is 1. The SMILES string of the molecule is CCCCCCCCOc1ccnc(CSc2nc3ccccc3[nH]2)c1C. The molecule has 1 aromatic carbocycles. The van der Waals surface area contributed by atoms with E-state index in [0.29, 0.717) is 0 Å². The van der Waals surface area contributed by atoms with E-state index in [4.69, 9.17) is 4.74 Å². The smallest absolute Gasteiger partial charge is 0.166 e. The molecular formula is C22H29N3OS. The van der Waals surface area contributed by atoms with Crippen molar-refractivity contribution in [2.24, 2.45) is 0 Å². The van der Waals surface area contributed by atoms with Crippen LogP contribution in [0.5, 0.6) is 5.75 Å². The molecule has 0 saturated heterocycles. The van der Waals surface area contributed by atoms with Crippen LogP contribution in [0.1, 0.15) is 56.7 Å². The lowest BCUT2D eigenvalue weighted by Crippen LogP contribution is -2.02. The molecule has 0 bridgehead atoms. The standard InChI is InChI=1S/C22H29N3OS/c1-3-4-5-6-7-10-15-26-21-13-14-23-20(17(21)2)16-27-22-24-18-11-8-9-12-19(18)25-22/h8-9,11-14H,3-7,10,15-16H2,1-2H3,(H,24,25). The van der Waals surface area contributed by atoms with Gasteiger partial charge in [0.15, 0.2) is 5.16 Å². The summed E-state index contributed by atoms with van der Waals surface area (Å²) in [6.45, 7) is 5.13. The van der Waals surface area contributed by atoms with Crippen LogP contribution in [0.2, 0.25) is 0 Å². The lowest BCUT2D eigenvalue weighted by molar-refractivity contribution is 0.302. The second kappa shape index (κ2) is 10.4. The van der Waals surface area contributed by atoms with Gasteiger partial charge in [0.1, 0.15) is 5.75 Å². The Morgan fingerprint density at radius 3 is 2.70 bits per heavy atom. The molecular weight excluding hydrogens is 354 g/mol. The summed E-state index contributed by atoms with van der Waals surface area (Å²) < 4.78 is 6.01. The van der Waals surface area contributed by atoms with Crippen molar-refractivity contribution in [1.82, 2.24) is 15.0 Å². The Labute approximate surface area is 166 Å². The highest BCUT2D eigenvalue weighted by molar-refractivity contribution is 7.98. The third-order valence-corrected chi connectivity index (χ3v) is 5.61. The minimum atomic E-state index is 0.778. The molecule has 2 heterocycles. The van der Waals surface area contributed by atoms with Crippen LogP contribution in [0, 0.1) is 6.92 Å². The molecule has 0 amide bonds. The molecule has 0 atom stereocenters. The summed E-state index contributed by atoms with van der Waals surface area (Å²) in [4.78, 5) is 12.5. The van der Waals surface area contributed by atoms with E-state index >= 15 is 0 Å². The zero-order chi connectivity index (χ0) is 18.9. The fourth-order valence-electron chi connectivity index (χ4n) is 3.06. The number of ether oxygens (including phenoxy) is 1. The molecule has 0 radical (unpaired) electrons. The molecule has 0 saturated carbocycles. The Morgan fingerprint density at radius 2 is 1.85 bits per heavy atom. The maximum absolute atomic E-state index is 6.01. The minimum absolute atomic E-state index is 0.778. The lowest BCUT2D eigenvalue weighted by atomic mass is 10.1. The fourth-order valence-corrected chi connectivity index (χ4v) is 3.97. The number of hydrogen-bond acceptors (Lipinski definition) is 4. The van der Waals surface area contributed by atoms with E-state index in [-0.39, 0.29) is 0 Å². The van der Waals surface area contributed by atoms with Crippen LogP contribution < -0.4 is 4.74 Å². The average Bonchev–Trinajstić information content (AvgIpc) is 3.10. The molecule has 27 heavy (non-hydrogen) atoms. The molecule has 1 N–H and O–H groups in total. The predicted molar refractivity (Wildman–Crippen MR) is 113 cm³/mol. The largest absolute Gasteiger partial charge is 0.493 e. The molecule has 0 unspecified atom stereocenters. The van der Waals surface area contributed by atoms with E-state index in [1.54, 1.807) is 11.8 Å². The summed E-state index contributed by atoms with van der Waals surface area (Å²) in [5, 5.41) is 0.927. The average molecular weight is 384 g/mol. The topological polar surface area (TPSA) is 50.8 Å². The fraction of sp³-hybridized carbons (Fsp3) is 0.455. The third-order valence-electron chi connectivity index (χ3n) is 4.73. The maximum atomic E-state index is 6.01. The Hall–Kier alpha value is -2.01. The highest BCUT2D eigenvalue weighted by atomic mass is 32.2. The monoisotopic (exact) mass is 383 g/mol. The molecule has 0 spiro atoms. The van der Waals surface area contributed by atoms with Crippen LogP contribution in [-0.2, 0) is 5.75 Å². The van der Waals surface area contributed by atoms with Crippen LogP contribution in [0.3, 0.4) is 0 Å². The molecule has 0 fully saturated rings. The Kier molecular flexibility index (Phi) is 7.57. The number of para-hydroxylation sites is 2. The van der Waals surface area contributed by atoms with Gasteiger partial charge in [-0.05, 0) is 31.5 Å². The van der Waals surface area contributed by atoms with E-state index in [2.05, 4.69) is 28.8 Å². The number of pyridine rings is 1. The predicted octanol–water partition coefficient (Wildman–Crippen LogP) is 6.30. The highest BCUT2D eigenvalue weighted by Gasteiger charge is 2.09. The molecule has 3 aromatic rings. The quantitative estimate of drug-likeness (QED) is 0.312. The maximum Gasteiger partial charge on any atom is 0.166 e. The van der Waals surface area contributed by atoms with Crippen molar-refractivity contribution < 1.29 is 4.74 Å². The summed E-state index contributed by atoms with van der Waals surface area (Å²) in [5.74, 6) is 1.73. The number of nitrogens with one attached hydrogen (secondary N) is 1. The number of unbranched alkanes of at least 4 members (excludes halogenated alkanes) is 5. The van der Waals surface area contributed by atoms with Gasteiger partial charge in [-0.15, -0.1) is 0 Å². The van der Waals surface area contributed by atoms with Crippen LogP contribution >= 0.6 is 11.8 Å². The number of thioether (sulfide) groups is 1. The van der Waals surface area contributed by atoms with Crippen LogP contribution in [-0.4, -0.2) is 21.6 Å². The van der Waals surface area contributed by atoms with Gasteiger partial charge in [-0.3, -0.25) is 4.98 Å². The summed E-state index contributed by atoms with van der Waals surface area (Å²) in [6, 6.07) is 10.1. The molecule has 0 aliphatic heterocycles. The zero-order valence-corrected chi connectivity index (χ0v) is 17.1. The minimum Gasteiger partial charge on any atom is -0.493 e. The van der Waals surface area contributed by atoms with Crippen molar-refractivity contribution in [1.29, 1.82) is 0 Å². The van der Waals surface area contributed by atoms with Crippen molar-refractivity contribution in [3.05, 3.63) is 47.8 Å². The molecule has 5 heteroatoms. The van der Waals surface area contributed by atoms with E-state index in [9.17, 15) is 0 Å². The van der Waals surface area contributed by atoms with Crippen LogP contribution in [0.15, 0.2) is 41.7 Å². The van der Waals surface area contributed by atoms with Crippen molar-refractivity contribution in [3.8, 4) is 5.75 Å². The summed E-state index contributed by atoms with van der Waals surface area (Å²) in [7, 11) is 0. The second-order valence-corrected chi connectivity index (χ2v) is 7.81. The molecule has 0 aliphatic rings. The highest BCUT2D eigenvalue weighted by Crippen LogP contribution is 2.27. The van der Waals surface area contributed by atoms with Gasteiger partial charge >= 0.3 is 0 Å². The Bertz CT molecular complexity index is 813. The molecule has 0 aliphatic carbocycles. The first-order valence-corrected chi connectivity index (χ1v) is 10.9. The third kappa shape index (κ3) is 5.73. The van der Waals surface area contributed by atoms with Gasteiger partial charge < -0.3 is 9.72 Å². The Morgan fingerprint density at radius 1 is 1.04 bits per heavy atom. The number of benzene rings is 1. The first-order valence-electron chi connectivity index (χ1n) is 9.92. The van der Waals surface area contributed by atoms with E-state index in [0.717, 1.165) is 52.0 Å². The number of rotatable bonds is 11. The summed E-state index contributed by atoms with van der Waals surface area (Å²) >= 11 is 1.68. The van der Waals surface area contributed by atoms with Gasteiger partial charge in [0.05, 0.1) is 23.3 Å². The molecule has 4 nitrogen and oxygen atoms in total. The number of aromatic nitrogens is 3. The molecule has 2 aromatic heterocycles. The number of hydrogen-bond donors (Lipinski definition) is 1.